The van der Waals surface area contributed by atoms with E-state index in [0.29, 0.717) is 0 Å². The Morgan fingerprint density at radius 2 is 1.77 bits per heavy atom. The van der Waals surface area contributed by atoms with Crippen LogP contribution in [0.1, 0.15) is 21.5 Å². The van der Waals surface area contributed by atoms with E-state index in [1.807, 2.05) is 0 Å². The third-order valence-corrected chi connectivity index (χ3v) is 3.27. The maximum absolute atomic E-state index is 13.6. The van der Waals surface area contributed by atoms with Crippen molar-refractivity contribution in [2.24, 2.45) is 0 Å². The molecule has 2 nitrogen and oxygen atoms in total. The highest BCUT2D eigenvalue weighted by molar-refractivity contribution is 6.33. The zero-order valence-corrected chi connectivity index (χ0v) is 11.8. The number of amides is 1. The van der Waals surface area contributed by atoms with E-state index in [9.17, 15) is 22.4 Å². The number of hydrogen-bond donors (Lipinski definition) is 1. The van der Waals surface area contributed by atoms with Crippen LogP contribution in [0.5, 0.6) is 0 Å². The molecular weight excluding hydrogens is 322 g/mol. The van der Waals surface area contributed by atoms with E-state index in [4.69, 9.17) is 11.6 Å². The van der Waals surface area contributed by atoms with Gasteiger partial charge in [0.2, 0.25) is 0 Å². The van der Waals surface area contributed by atoms with Crippen molar-refractivity contribution in [1.82, 2.24) is 5.32 Å². The summed E-state index contributed by atoms with van der Waals surface area (Å²) < 4.78 is 52.1. The summed E-state index contributed by atoms with van der Waals surface area (Å²) in [4.78, 5) is 11.9. The second-order valence-electron chi connectivity index (χ2n) is 4.43. The minimum atomic E-state index is -4.53. The molecule has 0 saturated heterocycles. The van der Waals surface area contributed by atoms with Crippen LogP contribution in [-0.4, -0.2) is 5.91 Å². The average molecular weight is 332 g/mol. The molecule has 0 saturated carbocycles. The monoisotopic (exact) mass is 331 g/mol. The minimum Gasteiger partial charge on any atom is -0.348 e. The van der Waals surface area contributed by atoms with Gasteiger partial charge >= 0.3 is 6.18 Å². The Morgan fingerprint density at radius 3 is 2.41 bits per heavy atom. The Morgan fingerprint density at radius 1 is 1.09 bits per heavy atom. The molecule has 1 amide bonds. The molecule has 0 spiro atoms. The van der Waals surface area contributed by atoms with Gasteiger partial charge in [-0.05, 0) is 23.8 Å². The van der Waals surface area contributed by atoms with Crippen molar-refractivity contribution >= 4 is 17.5 Å². The second-order valence-corrected chi connectivity index (χ2v) is 4.84. The first kappa shape index (κ1) is 16.3. The molecule has 0 aromatic heterocycles. The van der Waals surface area contributed by atoms with Crippen molar-refractivity contribution in [2.75, 3.05) is 0 Å². The predicted molar refractivity (Wildman–Crippen MR) is 74.0 cm³/mol. The molecule has 0 atom stereocenters. The minimum absolute atomic E-state index is 0.110. The molecule has 0 unspecified atom stereocenters. The highest BCUT2D eigenvalue weighted by Crippen LogP contribution is 2.31. The number of nitrogens with one attached hydrogen (secondary N) is 1. The summed E-state index contributed by atoms with van der Waals surface area (Å²) in [5.74, 6) is -1.71. The van der Waals surface area contributed by atoms with E-state index in [1.165, 1.54) is 30.3 Å². The second kappa shape index (κ2) is 6.36. The van der Waals surface area contributed by atoms with E-state index in [1.54, 1.807) is 0 Å². The van der Waals surface area contributed by atoms with Crippen LogP contribution in [0, 0.1) is 5.82 Å². The normalized spacial score (nSPS) is 11.3. The van der Waals surface area contributed by atoms with Gasteiger partial charge in [-0.25, -0.2) is 4.39 Å². The first-order valence-electron chi connectivity index (χ1n) is 6.18. The van der Waals surface area contributed by atoms with Crippen LogP contribution in [-0.2, 0) is 12.7 Å². The number of carbonyl (C=O) groups excluding carboxylic acids is 1. The van der Waals surface area contributed by atoms with Crippen LogP contribution in [0.2, 0.25) is 5.02 Å². The summed E-state index contributed by atoms with van der Waals surface area (Å²) in [5, 5.41) is 2.14. The number of rotatable bonds is 3. The molecule has 2 aromatic carbocycles. The number of hydrogen-bond acceptors (Lipinski definition) is 1. The molecule has 0 aliphatic heterocycles. The third-order valence-electron chi connectivity index (χ3n) is 2.95. The van der Waals surface area contributed by atoms with Crippen molar-refractivity contribution in [3.05, 3.63) is 70.0 Å². The van der Waals surface area contributed by atoms with Gasteiger partial charge in [0.05, 0.1) is 16.1 Å². The SMILES string of the molecule is O=C(NCc1ccccc1C(F)(F)F)c1c(F)cccc1Cl. The Kier molecular flexibility index (Phi) is 4.71. The summed E-state index contributed by atoms with van der Waals surface area (Å²) in [6.45, 7) is -0.390. The quantitative estimate of drug-likeness (QED) is 0.828. The van der Waals surface area contributed by atoms with Crippen LogP contribution >= 0.6 is 11.6 Å². The first-order valence-corrected chi connectivity index (χ1v) is 6.56. The average Bonchev–Trinajstić information content (AvgIpc) is 2.44. The fourth-order valence-corrected chi connectivity index (χ4v) is 2.18. The van der Waals surface area contributed by atoms with E-state index < -0.39 is 29.0 Å². The van der Waals surface area contributed by atoms with Gasteiger partial charge in [-0.15, -0.1) is 0 Å². The fourth-order valence-electron chi connectivity index (χ4n) is 1.93. The van der Waals surface area contributed by atoms with Crippen LogP contribution in [0.3, 0.4) is 0 Å². The topological polar surface area (TPSA) is 29.1 Å². The summed E-state index contributed by atoms with van der Waals surface area (Å²) in [6, 6.07) is 8.53. The smallest absolute Gasteiger partial charge is 0.348 e. The van der Waals surface area contributed by atoms with Crippen LogP contribution in [0.25, 0.3) is 0 Å². The van der Waals surface area contributed by atoms with Crippen LogP contribution in [0.15, 0.2) is 42.5 Å². The molecule has 0 radical (unpaired) electrons. The highest BCUT2D eigenvalue weighted by atomic mass is 35.5. The molecule has 0 aliphatic carbocycles. The zero-order valence-electron chi connectivity index (χ0n) is 11.0. The lowest BCUT2D eigenvalue weighted by molar-refractivity contribution is -0.138. The summed E-state index contributed by atoms with van der Waals surface area (Å²) in [7, 11) is 0. The molecule has 2 aromatic rings. The molecular formula is C15H10ClF4NO. The van der Waals surface area contributed by atoms with Gasteiger partial charge in [-0.2, -0.15) is 13.2 Å². The molecule has 22 heavy (non-hydrogen) atoms. The largest absolute Gasteiger partial charge is 0.416 e. The predicted octanol–water partition coefficient (Wildman–Crippen LogP) is 4.43. The van der Waals surface area contributed by atoms with E-state index in [-0.39, 0.29) is 17.1 Å². The van der Waals surface area contributed by atoms with Crippen LogP contribution in [0.4, 0.5) is 17.6 Å². The van der Waals surface area contributed by atoms with Gasteiger partial charge in [-0.1, -0.05) is 35.9 Å². The van der Waals surface area contributed by atoms with Crippen molar-refractivity contribution in [2.45, 2.75) is 12.7 Å². The van der Waals surface area contributed by atoms with E-state index in [2.05, 4.69) is 5.32 Å². The summed E-state index contributed by atoms with van der Waals surface area (Å²) >= 11 is 5.73. The van der Waals surface area contributed by atoms with Gasteiger partial charge in [-0.3, -0.25) is 4.79 Å². The lowest BCUT2D eigenvalue weighted by atomic mass is 10.1. The standard InChI is InChI=1S/C15H10ClF4NO/c16-11-6-3-7-12(17)13(11)14(22)21-8-9-4-1-2-5-10(9)15(18,19)20/h1-7H,8H2,(H,21,22). The highest BCUT2D eigenvalue weighted by Gasteiger charge is 2.32. The number of halogens is 5. The van der Waals surface area contributed by atoms with Gasteiger partial charge < -0.3 is 5.32 Å². The maximum atomic E-state index is 13.6. The Labute approximate surface area is 128 Å². The molecule has 2 rings (SSSR count). The van der Waals surface area contributed by atoms with Gasteiger partial charge in [0.25, 0.3) is 5.91 Å². The number of benzene rings is 2. The van der Waals surface area contributed by atoms with Gasteiger partial charge in [0.15, 0.2) is 0 Å². The maximum Gasteiger partial charge on any atom is 0.416 e. The van der Waals surface area contributed by atoms with Crippen molar-refractivity contribution < 1.29 is 22.4 Å². The first-order chi connectivity index (χ1) is 10.3. The molecule has 0 bridgehead atoms. The summed E-state index contributed by atoms with van der Waals surface area (Å²) in [5.41, 5.74) is -1.36. The van der Waals surface area contributed by atoms with Crippen molar-refractivity contribution in [3.8, 4) is 0 Å². The molecule has 0 heterocycles. The van der Waals surface area contributed by atoms with Crippen LogP contribution < -0.4 is 5.32 Å². The lowest BCUT2D eigenvalue weighted by Gasteiger charge is -2.13. The molecule has 0 aliphatic rings. The van der Waals surface area contributed by atoms with Crippen molar-refractivity contribution in [3.63, 3.8) is 0 Å². The van der Waals surface area contributed by atoms with E-state index in [0.717, 1.165) is 12.1 Å². The molecule has 1 N–H and O–H groups in total. The number of carbonyl (C=O) groups is 1. The number of alkyl halides is 3. The molecule has 0 fully saturated rings. The Balaban J connectivity index is 2.19. The Bertz CT molecular complexity index is 680. The van der Waals surface area contributed by atoms with Gasteiger partial charge in [0.1, 0.15) is 5.82 Å². The third kappa shape index (κ3) is 3.57. The van der Waals surface area contributed by atoms with Gasteiger partial charge in [0, 0.05) is 6.54 Å². The molecule has 7 heteroatoms. The van der Waals surface area contributed by atoms with Crippen molar-refractivity contribution in [1.29, 1.82) is 0 Å². The lowest BCUT2D eigenvalue weighted by Crippen LogP contribution is -2.25. The molecule has 116 valence electrons. The van der Waals surface area contributed by atoms with E-state index >= 15 is 0 Å². The zero-order chi connectivity index (χ0) is 16.3. The Hall–Kier alpha value is -2.08. The summed E-state index contributed by atoms with van der Waals surface area (Å²) in [6.07, 6.45) is -4.53. The fraction of sp³-hybridized carbons (Fsp3) is 0.133.